The van der Waals surface area contributed by atoms with Crippen LogP contribution in [0.15, 0.2) is 12.5 Å². The molecule has 2 aromatic rings. The van der Waals surface area contributed by atoms with Crippen LogP contribution in [0.5, 0.6) is 5.88 Å². The van der Waals surface area contributed by atoms with E-state index in [0.717, 1.165) is 17.1 Å². The molecule has 0 saturated carbocycles. The summed E-state index contributed by atoms with van der Waals surface area (Å²) in [7, 11) is 1.33. The fraction of sp³-hybridized carbons (Fsp3) is 0.500. The fourth-order valence-corrected chi connectivity index (χ4v) is 2.44. The zero-order valence-corrected chi connectivity index (χ0v) is 11.0. The first-order valence-electron chi connectivity index (χ1n) is 6.22. The number of halogens is 2. The molecule has 0 aromatic carbocycles. The molecule has 21 heavy (non-hydrogen) atoms. The van der Waals surface area contributed by atoms with Crippen molar-refractivity contribution in [3.63, 3.8) is 0 Å². The number of hydrogen-bond donors (Lipinski definition) is 2. The second kappa shape index (κ2) is 5.17. The van der Waals surface area contributed by atoms with Crippen molar-refractivity contribution in [3.05, 3.63) is 18.3 Å². The van der Waals surface area contributed by atoms with E-state index in [1.54, 1.807) is 0 Å². The molecule has 0 bridgehead atoms. The molecule has 0 spiro atoms. The number of methoxy groups -OCH3 is 1. The summed E-state index contributed by atoms with van der Waals surface area (Å²) in [6.45, 7) is -0.544. The predicted molar refractivity (Wildman–Crippen MR) is 65.9 cm³/mol. The third-order valence-corrected chi connectivity index (χ3v) is 3.47. The Morgan fingerprint density at radius 1 is 1.48 bits per heavy atom. The van der Waals surface area contributed by atoms with E-state index in [9.17, 15) is 13.9 Å². The largest absolute Gasteiger partial charge is 0.480 e. The summed E-state index contributed by atoms with van der Waals surface area (Å²) < 4.78 is 39.5. The summed E-state index contributed by atoms with van der Waals surface area (Å²) in [6.07, 6.45) is -3.52. The Kier molecular flexibility index (Phi) is 3.47. The summed E-state index contributed by atoms with van der Waals surface area (Å²) in [5, 5.41) is 18.7. The van der Waals surface area contributed by atoms with Gasteiger partial charge in [0.15, 0.2) is 23.9 Å². The van der Waals surface area contributed by atoms with Gasteiger partial charge in [-0.15, -0.1) is 0 Å². The normalized spacial score (nSPS) is 29.2. The highest BCUT2D eigenvalue weighted by Crippen LogP contribution is 2.36. The third-order valence-electron chi connectivity index (χ3n) is 3.47. The van der Waals surface area contributed by atoms with Crippen LogP contribution in [0.25, 0.3) is 11.0 Å². The molecule has 0 radical (unpaired) electrons. The van der Waals surface area contributed by atoms with Crippen molar-refractivity contribution in [1.82, 2.24) is 14.5 Å². The molecule has 1 aliphatic rings. The molecule has 3 rings (SSSR count). The number of rotatable bonds is 3. The Morgan fingerprint density at radius 2 is 2.24 bits per heavy atom. The van der Waals surface area contributed by atoms with Crippen molar-refractivity contribution in [3.8, 4) is 5.88 Å². The van der Waals surface area contributed by atoms with Gasteiger partial charge in [0.2, 0.25) is 5.88 Å². The van der Waals surface area contributed by atoms with Gasteiger partial charge in [0.25, 0.3) is 0 Å². The van der Waals surface area contributed by atoms with E-state index in [-0.39, 0.29) is 16.9 Å². The number of aromatic nitrogens is 3. The lowest BCUT2D eigenvalue weighted by Gasteiger charge is -2.15. The molecule has 1 fully saturated rings. The zero-order valence-electron chi connectivity index (χ0n) is 11.0. The summed E-state index contributed by atoms with van der Waals surface area (Å²) >= 11 is 0. The number of fused-ring (bicyclic) bond motifs is 1. The van der Waals surface area contributed by atoms with Crippen LogP contribution in [-0.4, -0.2) is 56.8 Å². The van der Waals surface area contributed by atoms with Crippen LogP contribution in [0.2, 0.25) is 0 Å². The lowest BCUT2D eigenvalue weighted by molar-refractivity contribution is -0.0459. The van der Waals surface area contributed by atoms with Gasteiger partial charge in [0.1, 0.15) is 23.9 Å². The van der Waals surface area contributed by atoms with E-state index in [1.807, 2.05) is 0 Å². The molecule has 9 heteroatoms. The summed E-state index contributed by atoms with van der Waals surface area (Å²) in [5.41, 5.74) is 0.0813. The smallest absolute Gasteiger partial charge is 0.228 e. The van der Waals surface area contributed by atoms with Gasteiger partial charge in [-0.2, -0.15) is 0 Å². The lowest BCUT2D eigenvalue weighted by atomic mass is 10.1. The number of hydrogen-bond acceptors (Lipinski definition) is 6. The van der Waals surface area contributed by atoms with Gasteiger partial charge >= 0.3 is 0 Å². The molecule has 114 valence electrons. The van der Waals surface area contributed by atoms with E-state index in [2.05, 4.69) is 9.97 Å². The van der Waals surface area contributed by atoms with Crippen molar-refractivity contribution < 1.29 is 28.5 Å². The summed E-state index contributed by atoms with van der Waals surface area (Å²) in [4.78, 5) is 7.69. The van der Waals surface area contributed by atoms with Crippen molar-refractivity contribution in [2.75, 3.05) is 13.7 Å². The third kappa shape index (κ3) is 2.04. The fourth-order valence-electron chi connectivity index (χ4n) is 2.44. The average Bonchev–Trinajstić information content (AvgIpc) is 2.98. The molecule has 4 atom stereocenters. The monoisotopic (exact) mass is 301 g/mol. The lowest BCUT2D eigenvalue weighted by Crippen LogP contribution is -2.30. The van der Waals surface area contributed by atoms with Gasteiger partial charge in [-0.25, -0.2) is 18.7 Å². The molecular weight excluding hydrogens is 288 g/mol. The van der Waals surface area contributed by atoms with E-state index in [0.29, 0.717) is 0 Å². The van der Waals surface area contributed by atoms with Crippen molar-refractivity contribution in [2.24, 2.45) is 0 Å². The molecule has 3 heterocycles. The van der Waals surface area contributed by atoms with Crippen LogP contribution in [0, 0.1) is 5.82 Å². The average molecular weight is 301 g/mol. The van der Waals surface area contributed by atoms with Crippen LogP contribution in [0.3, 0.4) is 0 Å². The van der Waals surface area contributed by atoms with Gasteiger partial charge in [-0.1, -0.05) is 0 Å². The van der Waals surface area contributed by atoms with Crippen molar-refractivity contribution in [1.29, 1.82) is 0 Å². The Labute approximate surface area is 117 Å². The van der Waals surface area contributed by atoms with Crippen LogP contribution < -0.4 is 4.74 Å². The molecule has 0 aliphatic carbocycles. The molecule has 1 aliphatic heterocycles. The quantitative estimate of drug-likeness (QED) is 0.840. The number of aliphatic hydroxyl groups excluding tert-OH is 2. The van der Waals surface area contributed by atoms with Crippen LogP contribution in [-0.2, 0) is 4.74 Å². The van der Waals surface area contributed by atoms with E-state index in [1.165, 1.54) is 7.11 Å². The van der Waals surface area contributed by atoms with Gasteiger partial charge in [-0.3, -0.25) is 4.57 Å². The van der Waals surface area contributed by atoms with E-state index in [4.69, 9.17) is 14.6 Å². The SMILES string of the molecule is COc1ncnc2c1c(F)cn2[C@@H]1O[C@H](CO)C(O)C1F. The molecule has 7 nitrogen and oxygen atoms in total. The van der Waals surface area contributed by atoms with Crippen LogP contribution >= 0.6 is 0 Å². The Hall–Kier alpha value is -1.84. The number of aliphatic hydroxyl groups is 2. The summed E-state index contributed by atoms with van der Waals surface area (Å²) in [5.74, 6) is -0.677. The number of nitrogens with zero attached hydrogens (tertiary/aromatic N) is 3. The first-order chi connectivity index (χ1) is 10.1. The van der Waals surface area contributed by atoms with Gasteiger partial charge in [0, 0.05) is 6.20 Å². The second-order valence-electron chi connectivity index (χ2n) is 4.65. The Balaban J connectivity index is 2.10. The predicted octanol–water partition coefficient (Wildman–Crippen LogP) is 0.168. The highest BCUT2D eigenvalue weighted by molar-refractivity contribution is 5.82. The minimum absolute atomic E-state index is 0.00209. The standard InChI is InChI=1S/C12H13F2N3O4/c1-20-11-7-5(13)2-17(10(7)15-4-16-11)12-8(14)9(19)6(3-18)21-12/h2,4,6,8-9,12,18-19H,3H2,1H3/t6-,8?,9?,12-/m1/s1. The van der Waals surface area contributed by atoms with Gasteiger partial charge in [-0.05, 0) is 0 Å². The molecule has 2 N–H and O–H groups in total. The maximum atomic E-state index is 14.1. The number of ether oxygens (including phenoxy) is 2. The zero-order chi connectivity index (χ0) is 15.1. The molecule has 0 amide bonds. The molecular formula is C12H13F2N3O4. The van der Waals surface area contributed by atoms with Crippen molar-refractivity contribution >= 4 is 11.0 Å². The highest BCUT2D eigenvalue weighted by Gasteiger charge is 2.45. The maximum Gasteiger partial charge on any atom is 0.228 e. The number of alkyl halides is 1. The minimum Gasteiger partial charge on any atom is -0.480 e. The van der Waals surface area contributed by atoms with E-state index >= 15 is 0 Å². The first kappa shape index (κ1) is 14.1. The minimum atomic E-state index is -1.82. The van der Waals surface area contributed by atoms with E-state index < -0.39 is 37.0 Å². The second-order valence-corrected chi connectivity index (χ2v) is 4.65. The van der Waals surface area contributed by atoms with Gasteiger partial charge in [0.05, 0.1) is 13.7 Å². The van der Waals surface area contributed by atoms with Gasteiger partial charge < -0.3 is 19.7 Å². The molecule has 2 aromatic heterocycles. The maximum absolute atomic E-state index is 14.1. The molecule has 1 saturated heterocycles. The summed E-state index contributed by atoms with van der Waals surface area (Å²) in [6, 6.07) is 0. The topological polar surface area (TPSA) is 89.6 Å². The Morgan fingerprint density at radius 3 is 2.86 bits per heavy atom. The highest BCUT2D eigenvalue weighted by atomic mass is 19.1. The molecule has 2 unspecified atom stereocenters. The van der Waals surface area contributed by atoms with Crippen LogP contribution in [0.1, 0.15) is 6.23 Å². The van der Waals surface area contributed by atoms with Crippen molar-refractivity contribution in [2.45, 2.75) is 24.6 Å². The first-order valence-corrected chi connectivity index (χ1v) is 6.22. The van der Waals surface area contributed by atoms with Crippen LogP contribution in [0.4, 0.5) is 8.78 Å². The Bertz CT molecular complexity index is 665.